The largest absolute Gasteiger partial charge is 0.495 e. The van der Waals surface area contributed by atoms with Crippen LogP contribution >= 0.6 is 22.4 Å². The van der Waals surface area contributed by atoms with Crippen molar-refractivity contribution >= 4 is 77.3 Å². The van der Waals surface area contributed by atoms with E-state index in [9.17, 15) is 74.5 Å². The van der Waals surface area contributed by atoms with Gasteiger partial charge in [0, 0.05) is 57.5 Å². The van der Waals surface area contributed by atoms with E-state index < -0.39 is 152 Å². The van der Waals surface area contributed by atoms with Crippen LogP contribution in [0.3, 0.4) is 0 Å². The van der Waals surface area contributed by atoms with Crippen molar-refractivity contribution in [3.63, 3.8) is 0 Å². The molecule has 1 amide bonds. The van der Waals surface area contributed by atoms with Crippen LogP contribution in [-0.4, -0.2) is 116 Å². The number of H-pyrrole nitrogens is 1. The van der Waals surface area contributed by atoms with Gasteiger partial charge >= 0.3 is 28.1 Å². The van der Waals surface area contributed by atoms with Crippen LogP contribution in [0.5, 0.6) is 17.2 Å². The van der Waals surface area contributed by atoms with Gasteiger partial charge in [0.15, 0.2) is 21.3 Å². The molecule has 1 saturated heterocycles. The van der Waals surface area contributed by atoms with Crippen LogP contribution in [0.4, 0.5) is 11.4 Å². The summed E-state index contributed by atoms with van der Waals surface area (Å²) in [6.07, 6.45) is -4.69. The molecule has 31 nitrogen and oxygen atoms in total. The number of hydrogen-bond acceptors (Lipinski definition) is 22. The molecule has 0 aliphatic carbocycles. The quantitative estimate of drug-likeness (QED) is 0.0170. The molecule has 5 heterocycles. The van der Waals surface area contributed by atoms with E-state index in [1.165, 1.54) is 37.4 Å². The number of nitrogens with zero attached hydrogens (tertiary/aromatic N) is 3. The van der Waals surface area contributed by atoms with Gasteiger partial charge in [-0.05, 0) is 78.1 Å². The molecule has 4 aliphatic heterocycles. The van der Waals surface area contributed by atoms with Crippen LogP contribution < -0.4 is 41.9 Å². The SMILES string of the molecule is COc1cc([C@@H](OCc2cn([C@H]3C[C@H](O)[C@@H](COP(O)(=S)OP(=O)(O)OP(=O)(O)O)O3)c(=O)[nH]c2=O)C(C)(C)C)c([N+](=O)[O-])cc1C#CCNC(=O)c1ccc(C2=c3cc4c(c(S(=O)(=O)O)c3Oc3c2cc2c(c3S(=O)(=O)O)NC(C)C2(C)C)=NC(C)C4(C)C)cc1. The highest BCUT2D eigenvalue weighted by Crippen LogP contribution is 2.66. The minimum absolute atomic E-state index is 0.0169. The van der Waals surface area contributed by atoms with Crippen molar-refractivity contribution < 1.29 is 102 Å². The molecule has 37 heteroatoms. The lowest BCUT2D eigenvalue weighted by Crippen LogP contribution is -2.35. The molecule has 5 aromatic rings. The standard InChI is InChI=1S/C55H63N6O25P3S3/c1-26-54(6,7)35-19-33-42(34-20-36-44(58-27(2)55(36,8)9)48(92(77,78)79)46(34)84-45(33)47(43(35)57-26)91(74,75)76)28-13-15-29(16-14-28)50(63)56-17-11-12-30-18-37(61(66)67)32(21-39(30)80-10)49(53(3,4)5)81-24-31-23-60(52(65)59-51(31)64)41-22-38(62)40(83-41)25-82-89(73,90)86-88(71,72)85-87(68,69)70/h13-16,18-21,23,26-27,38,40-41,49,57,62H,17,22,24-25H2,1-10H3,(H,56,63)(H,71,72)(H,73,90)(H,59,64,65)(H2,68,69,70)(H,74,75,76)(H,77,78,79)/t26?,27?,38-,40+,41+,49+,89?/m0/s1. The Morgan fingerprint density at radius 2 is 1.62 bits per heavy atom. The predicted octanol–water partition coefficient (Wildman–Crippen LogP) is 4.88. The Hall–Kier alpha value is -6.41. The lowest BCUT2D eigenvalue weighted by Gasteiger charge is -2.31. The van der Waals surface area contributed by atoms with Crippen LogP contribution in [0.2, 0.25) is 0 Å². The average molecular weight is 1400 g/mol. The van der Waals surface area contributed by atoms with Crippen LogP contribution in [0, 0.1) is 27.4 Å². The maximum atomic E-state index is 13.8. The lowest BCUT2D eigenvalue weighted by atomic mass is 9.78. The van der Waals surface area contributed by atoms with Crippen molar-refractivity contribution in [1.82, 2.24) is 14.9 Å². The van der Waals surface area contributed by atoms with Gasteiger partial charge < -0.3 is 58.8 Å². The first kappa shape index (κ1) is 69.9. The van der Waals surface area contributed by atoms with Crippen LogP contribution in [0.15, 0.2) is 79.1 Å². The van der Waals surface area contributed by atoms with E-state index in [0.29, 0.717) is 16.7 Å². The van der Waals surface area contributed by atoms with E-state index in [-0.39, 0.29) is 74.4 Å². The van der Waals surface area contributed by atoms with Gasteiger partial charge in [-0.25, -0.2) is 18.2 Å². The Bertz CT molecular complexity index is 4650. The number of fused-ring (bicyclic) bond motifs is 4. The van der Waals surface area contributed by atoms with Crippen molar-refractivity contribution in [2.45, 2.75) is 133 Å². The van der Waals surface area contributed by atoms with Crippen molar-refractivity contribution in [3.8, 4) is 29.1 Å². The monoisotopic (exact) mass is 1400 g/mol. The molecule has 0 radical (unpaired) electrons. The molecule has 4 aromatic carbocycles. The van der Waals surface area contributed by atoms with Gasteiger partial charge in [-0.1, -0.05) is 72.4 Å². The van der Waals surface area contributed by atoms with E-state index in [4.69, 9.17) is 33.3 Å². The van der Waals surface area contributed by atoms with Gasteiger partial charge in [0.05, 0.1) is 77.8 Å². The zero-order valence-corrected chi connectivity index (χ0v) is 55.5. The number of ether oxygens (including phenoxy) is 4. The predicted molar refractivity (Wildman–Crippen MR) is 328 cm³/mol. The number of anilines is 1. The number of amides is 1. The molecule has 92 heavy (non-hydrogen) atoms. The summed E-state index contributed by atoms with van der Waals surface area (Å²) >= 11 is 4.61. The summed E-state index contributed by atoms with van der Waals surface area (Å²) in [4.78, 5) is 95.1. The Morgan fingerprint density at radius 1 is 0.967 bits per heavy atom. The number of hydrogen-bond donors (Lipinski definition) is 10. The third kappa shape index (κ3) is 14.0. The number of aromatic amines is 1. The highest BCUT2D eigenvalue weighted by atomic mass is 32.5. The molecular weight excluding hydrogens is 1330 g/mol. The number of methoxy groups -OCH3 is 1. The number of aliphatic hydroxyl groups is 1. The second kappa shape index (κ2) is 24.7. The molecule has 1 aromatic heterocycles. The van der Waals surface area contributed by atoms with Crippen molar-refractivity contribution in [3.05, 3.63) is 141 Å². The second-order valence-corrected chi connectivity index (χ2v) is 32.7. The summed E-state index contributed by atoms with van der Waals surface area (Å²) < 4.78 is 136. The zero-order chi connectivity index (χ0) is 68.1. The second-order valence-electron chi connectivity index (χ2n) is 24.2. The van der Waals surface area contributed by atoms with Crippen molar-refractivity contribution in [2.75, 3.05) is 25.6 Å². The van der Waals surface area contributed by atoms with Gasteiger partial charge in [-0.2, -0.15) is 21.1 Å². The van der Waals surface area contributed by atoms with Gasteiger partial charge in [-0.3, -0.25) is 43.4 Å². The van der Waals surface area contributed by atoms with Crippen LogP contribution in [-0.2, 0) is 81.2 Å². The first-order chi connectivity index (χ1) is 42.3. The fraction of sp³-hybridized carbons (Fsp3) is 0.418. The van der Waals surface area contributed by atoms with E-state index >= 15 is 0 Å². The third-order valence-electron chi connectivity index (χ3n) is 16.3. The Kier molecular flexibility index (Phi) is 18.8. The van der Waals surface area contributed by atoms with E-state index in [1.807, 2.05) is 34.6 Å². The summed E-state index contributed by atoms with van der Waals surface area (Å²) in [5, 5.41) is 29.4. The van der Waals surface area contributed by atoms with Gasteiger partial charge in [0.25, 0.3) is 37.4 Å². The Balaban J connectivity index is 0.959. The summed E-state index contributed by atoms with van der Waals surface area (Å²) in [5.41, 5.74) is -3.27. The molecule has 10 N–H and O–H groups in total. The number of carbonyl (C=O) groups is 1. The van der Waals surface area contributed by atoms with Crippen LogP contribution in [0.1, 0.15) is 130 Å². The number of phosphoric acid groups is 2. The van der Waals surface area contributed by atoms with Gasteiger partial charge in [0.2, 0.25) is 0 Å². The first-order valence-corrected chi connectivity index (χ1v) is 36.1. The van der Waals surface area contributed by atoms with E-state index in [0.717, 1.165) is 16.8 Å². The highest BCUT2D eigenvalue weighted by molar-refractivity contribution is 8.08. The number of rotatable bonds is 19. The summed E-state index contributed by atoms with van der Waals surface area (Å²) in [5.74, 6) is 4.11. The molecule has 0 saturated carbocycles. The Morgan fingerprint density at radius 3 is 2.22 bits per heavy atom. The molecule has 1 fully saturated rings. The van der Waals surface area contributed by atoms with Crippen molar-refractivity contribution in [1.29, 1.82) is 0 Å². The third-order valence-corrected chi connectivity index (χ3v) is 22.8. The van der Waals surface area contributed by atoms with Gasteiger partial charge in [0.1, 0.15) is 18.1 Å². The number of nitro benzene ring substituents is 1. The Labute approximate surface area is 529 Å². The molecule has 4 aliphatic rings. The minimum Gasteiger partial charge on any atom is -0.495 e. The molecule has 0 bridgehead atoms. The lowest BCUT2D eigenvalue weighted by molar-refractivity contribution is -0.386. The molecule has 4 unspecified atom stereocenters. The molecular formula is C55H63N6O25P3S3. The number of carbonyl (C=O) groups excluding carboxylic acids is 1. The normalized spacial score (nSPS) is 21.3. The van der Waals surface area contributed by atoms with Gasteiger partial charge in [-0.15, -0.1) is 0 Å². The fourth-order valence-electron chi connectivity index (χ4n) is 11.1. The summed E-state index contributed by atoms with van der Waals surface area (Å²) in [7, 11) is -20.3. The number of nitrogens with one attached hydrogen (secondary N) is 3. The summed E-state index contributed by atoms with van der Waals surface area (Å²) in [6, 6.07) is 11.0. The first-order valence-electron chi connectivity index (χ1n) is 27.6. The number of benzene rings is 4. The topological polar surface area (TPSA) is 460 Å². The fourth-order valence-corrected chi connectivity index (χ4v) is 16.6. The zero-order valence-electron chi connectivity index (χ0n) is 50.4. The molecule has 0 spiro atoms. The highest BCUT2D eigenvalue weighted by Gasteiger charge is 2.47. The minimum atomic E-state index is -5.67. The molecule has 9 rings (SSSR count). The number of aromatic nitrogens is 2. The number of aliphatic hydroxyl groups excluding tert-OH is 1. The molecule has 8 atom stereocenters. The summed E-state index contributed by atoms with van der Waals surface area (Å²) in [6.45, 7) is 9.59. The molecule has 496 valence electrons. The van der Waals surface area contributed by atoms with Crippen molar-refractivity contribution in [2.24, 2.45) is 10.4 Å². The maximum absolute atomic E-state index is 13.8. The van der Waals surface area contributed by atoms with E-state index in [1.54, 1.807) is 39.8 Å². The smallest absolute Gasteiger partial charge is 0.488 e. The van der Waals surface area contributed by atoms with E-state index in [2.05, 4.69) is 52.9 Å². The average Bonchev–Trinajstić information content (AvgIpc) is 1.13. The number of nitro groups is 1. The van der Waals surface area contributed by atoms with Crippen LogP contribution in [0.25, 0.3) is 5.57 Å². The maximum Gasteiger partial charge on any atom is 0.488 e.